The lowest BCUT2D eigenvalue weighted by atomic mass is 10.3. The average Bonchev–Trinajstić information content (AvgIpc) is 2.85. The molecule has 0 radical (unpaired) electrons. The number of rotatable bonds is 4. The van der Waals surface area contributed by atoms with Crippen molar-refractivity contribution in [2.24, 2.45) is 0 Å². The van der Waals surface area contributed by atoms with Gasteiger partial charge in [-0.3, -0.25) is 4.79 Å². The van der Waals surface area contributed by atoms with Crippen LogP contribution in [-0.2, 0) is 6.61 Å². The van der Waals surface area contributed by atoms with Gasteiger partial charge in [0.2, 0.25) is 0 Å². The molecule has 2 aromatic rings. The van der Waals surface area contributed by atoms with Crippen LogP contribution in [0.25, 0.3) is 0 Å². The van der Waals surface area contributed by atoms with Crippen LogP contribution in [0.4, 0.5) is 0 Å². The van der Waals surface area contributed by atoms with E-state index >= 15 is 0 Å². The third-order valence-corrected chi connectivity index (χ3v) is 2.84. The van der Waals surface area contributed by atoms with Crippen LogP contribution in [0.2, 0.25) is 10.0 Å². The molecule has 8 heteroatoms. The van der Waals surface area contributed by atoms with Crippen LogP contribution in [0.3, 0.4) is 0 Å². The van der Waals surface area contributed by atoms with Crippen molar-refractivity contribution in [3.63, 3.8) is 0 Å². The monoisotopic (exact) mass is 315 g/mol. The van der Waals surface area contributed by atoms with Gasteiger partial charge in [0.15, 0.2) is 6.61 Å². The molecule has 0 atom stereocenters. The molecule has 1 heterocycles. The number of benzene rings is 1. The molecule has 0 unspecified atom stereocenters. The summed E-state index contributed by atoms with van der Waals surface area (Å²) in [6, 6.07) is 4.84. The van der Waals surface area contributed by atoms with Crippen molar-refractivity contribution in [3.05, 3.63) is 40.0 Å². The zero-order chi connectivity index (χ0) is 14.7. The van der Waals surface area contributed by atoms with E-state index in [-0.39, 0.29) is 24.2 Å². The lowest BCUT2D eigenvalue weighted by Crippen LogP contribution is -2.22. The highest BCUT2D eigenvalue weighted by Crippen LogP contribution is 2.27. The molecule has 106 valence electrons. The number of ether oxygens (including phenoxy) is 1. The van der Waals surface area contributed by atoms with Gasteiger partial charge in [0.1, 0.15) is 5.75 Å². The highest BCUT2D eigenvalue weighted by Gasteiger charge is 2.16. The maximum absolute atomic E-state index is 11.6. The highest BCUT2D eigenvalue weighted by molar-refractivity contribution is 6.35. The number of halogens is 2. The molecular formula is C12H11Cl2N3O3. The van der Waals surface area contributed by atoms with Gasteiger partial charge in [-0.05, 0) is 18.2 Å². The van der Waals surface area contributed by atoms with E-state index in [1.54, 1.807) is 32.3 Å². The van der Waals surface area contributed by atoms with Crippen molar-refractivity contribution in [1.82, 2.24) is 15.0 Å². The van der Waals surface area contributed by atoms with Crippen LogP contribution in [0.1, 0.15) is 16.5 Å². The Balaban J connectivity index is 2.03. The molecule has 6 nitrogen and oxygen atoms in total. The maximum atomic E-state index is 11.6. The van der Waals surface area contributed by atoms with Crippen molar-refractivity contribution >= 4 is 29.1 Å². The second-order valence-corrected chi connectivity index (χ2v) is 4.92. The second kappa shape index (κ2) is 6.11. The first-order valence-electron chi connectivity index (χ1n) is 5.59. The number of hydrogen-bond donors (Lipinski definition) is 0. The van der Waals surface area contributed by atoms with Gasteiger partial charge in [-0.15, -0.1) is 0 Å². The quantitative estimate of drug-likeness (QED) is 0.867. The Kier molecular flexibility index (Phi) is 4.46. The van der Waals surface area contributed by atoms with E-state index in [0.29, 0.717) is 15.8 Å². The van der Waals surface area contributed by atoms with Crippen LogP contribution in [0, 0.1) is 0 Å². The summed E-state index contributed by atoms with van der Waals surface area (Å²) in [5, 5.41) is 4.46. The molecule has 1 aromatic heterocycles. The van der Waals surface area contributed by atoms with Gasteiger partial charge in [-0.2, -0.15) is 4.98 Å². The van der Waals surface area contributed by atoms with Gasteiger partial charge in [-0.25, -0.2) is 0 Å². The van der Waals surface area contributed by atoms with Crippen molar-refractivity contribution in [2.75, 3.05) is 14.1 Å². The van der Waals surface area contributed by atoms with Gasteiger partial charge in [0.05, 0.1) is 5.02 Å². The minimum absolute atomic E-state index is 0.00899. The Hall–Kier alpha value is -1.79. The fourth-order valence-electron chi connectivity index (χ4n) is 1.33. The fourth-order valence-corrected chi connectivity index (χ4v) is 1.80. The molecular weight excluding hydrogens is 305 g/mol. The molecule has 0 fully saturated rings. The number of nitrogens with zero attached hydrogens (tertiary/aromatic N) is 3. The Morgan fingerprint density at radius 1 is 1.40 bits per heavy atom. The zero-order valence-corrected chi connectivity index (χ0v) is 12.3. The molecule has 20 heavy (non-hydrogen) atoms. The fraction of sp³-hybridized carbons (Fsp3) is 0.250. The first-order chi connectivity index (χ1) is 9.47. The SMILES string of the molecule is CN(C)C(=O)c1noc(COc2ccc(Cl)cc2Cl)n1. The molecule has 0 aliphatic rings. The predicted octanol–water partition coefficient (Wildman–Crippen LogP) is 2.66. The van der Waals surface area contributed by atoms with E-state index in [2.05, 4.69) is 10.1 Å². The van der Waals surface area contributed by atoms with Crippen LogP contribution in [0.5, 0.6) is 5.75 Å². The number of carbonyl (C=O) groups excluding carboxylic acids is 1. The highest BCUT2D eigenvalue weighted by atomic mass is 35.5. The minimum atomic E-state index is -0.343. The summed E-state index contributed by atoms with van der Waals surface area (Å²) in [7, 11) is 3.20. The van der Waals surface area contributed by atoms with Crippen LogP contribution in [-0.4, -0.2) is 35.0 Å². The summed E-state index contributed by atoms with van der Waals surface area (Å²) in [6.07, 6.45) is 0. The number of carbonyl (C=O) groups is 1. The topological polar surface area (TPSA) is 68.5 Å². The lowest BCUT2D eigenvalue weighted by molar-refractivity contribution is 0.0812. The molecule has 0 bridgehead atoms. The molecule has 0 aliphatic carbocycles. The number of hydrogen-bond acceptors (Lipinski definition) is 5. The van der Waals surface area contributed by atoms with E-state index in [4.69, 9.17) is 32.5 Å². The van der Waals surface area contributed by atoms with E-state index < -0.39 is 0 Å². The van der Waals surface area contributed by atoms with Crippen molar-refractivity contribution in [3.8, 4) is 5.75 Å². The zero-order valence-electron chi connectivity index (χ0n) is 10.8. The largest absolute Gasteiger partial charge is 0.482 e. The smallest absolute Gasteiger partial charge is 0.294 e. The minimum Gasteiger partial charge on any atom is -0.482 e. The van der Waals surface area contributed by atoms with Gasteiger partial charge >= 0.3 is 0 Å². The average molecular weight is 316 g/mol. The van der Waals surface area contributed by atoms with Crippen molar-refractivity contribution in [1.29, 1.82) is 0 Å². The summed E-state index contributed by atoms with van der Waals surface area (Å²) in [6.45, 7) is 0.00899. The summed E-state index contributed by atoms with van der Waals surface area (Å²) in [4.78, 5) is 16.9. The molecule has 0 aliphatic heterocycles. The molecule has 1 aromatic carbocycles. The van der Waals surface area contributed by atoms with Gasteiger partial charge in [0.25, 0.3) is 17.6 Å². The van der Waals surface area contributed by atoms with E-state index in [0.717, 1.165) is 0 Å². The van der Waals surface area contributed by atoms with E-state index in [9.17, 15) is 4.79 Å². The Morgan fingerprint density at radius 3 is 2.80 bits per heavy atom. The summed E-state index contributed by atoms with van der Waals surface area (Å²) in [5.41, 5.74) is 0. The van der Waals surface area contributed by atoms with Crippen molar-refractivity contribution < 1.29 is 14.1 Å². The first-order valence-corrected chi connectivity index (χ1v) is 6.35. The molecule has 2 rings (SSSR count). The molecule has 0 N–H and O–H groups in total. The van der Waals surface area contributed by atoms with Gasteiger partial charge < -0.3 is 14.2 Å². The van der Waals surface area contributed by atoms with Crippen LogP contribution < -0.4 is 4.74 Å². The summed E-state index contributed by atoms with van der Waals surface area (Å²) < 4.78 is 10.3. The Morgan fingerprint density at radius 2 is 2.15 bits per heavy atom. The summed E-state index contributed by atoms with van der Waals surface area (Å²) >= 11 is 11.7. The predicted molar refractivity (Wildman–Crippen MR) is 73.1 cm³/mol. The van der Waals surface area contributed by atoms with E-state index in [1.807, 2.05) is 0 Å². The Labute approximate surface area is 125 Å². The summed E-state index contributed by atoms with van der Waals surface area (Å²) in [5.74, 6) is 0.260. The van der Waals surface area contributed by atoms with E-state index in [1.165, 1.54) is 4.90 Å². The maximum Gasteiger partial charge on any atom is 0.294 e. The molecule has 0 saturated carbocycles. The number of aromatic nitrogens is 2. The molecule has 0 spiro atoms. The lowest BCUT2D eigenvalue weighted by Gasteiger charge is -2.05. The third kappa shape index (κ3) is 3.40. The first kappa shape index (κ1) is 14.6. The molecule has 1 amide bonds. The van der Waals surface area contributed by atoms with Crippen molar-refractivity contribution in [2.45, 2.75) is 6.61 Å². The Bertz CT molecular complexity index is 628. The van der Waals surface area contributed by atoms with Gasteiger partial charge in [0, 0.05) is 19.1 Å². The normalized spacial score (nSPS) is 10.4. The number of amides is 1. The van der Waals surface area contributed by atoms with Crippen LogP contribution in [0.15, 0.2) is 22.7 Å². The third-order valence-electron chi connectivity index (χ3n) is 2.31. The standard InChI is InChI=1S/C12H11Cl2N3O3/c1-17(2)12(18)11-15-10(20-16-11)6-19-9-4-3-7(13)5-8(9)14/h3-5H,6H2,1-2H3. The second-order valence-electron chi connectivity index (χ2n) is 4.07. The van der Waals surface area contributed by atoms with Crippen LogP contribution >= 0.6 is 23.2 Å². The molecule has 0 saturated heterocycles. The van der Waals surface area contributed by atoms with Gasteiger partial charge in [-0.1, -0.05) is 28.4 Å².